The number of rotatable bonds is 2. The lowest BCUT2D eigenvalue weighted by molar-refractivity contribution is 0.357. The Hall–Kier alpha value is -0.900. The van der Waals surface area contributed by atoms with Gasteiger partial charge in [-0.2, -0.15) is 0 Å². The molecule has 1 fully saturated rings. The van der Waals surface area contributed by atoms with E-state index in [9.17, 15) is 0 Å². The van der Waals surface area contributed by atoms with E-state index in [0.29, 0.717) is 11.8 Å². The van der Waals surface area contributed by atoms with Crippen LogP contribution in [0, 0.1) is 0 Å². The molecule has 0 spiro atoms. The third-order valence-electron chi connectivity index (χ3n) is 2.60. The fourth-order valence-electron chi connectivity index (χ4n) is 1.71. The van der Waals surface area contributed by atoms with Crippen molar-refractivity contribution in [3.8, 4) is 0 Å². The van der Waals surface area contributed by atoms with E-state index in [1.807, 2.05) is 0 Å². The van der Waals surface area contributed by atoms with Gasteiger partial charge in [0.15, 0.2) is 0 Å². The van der Waals surface area contributed by atoms with Crippen LogP contribution in [0.2, 0.25) is 0 Å². The van der Waals surface area contributed by atoms with Crippen LogP contribution in [0.1, 0.15) is 50.3 Å². The Labute approximate surface area is 84.1 Å². The Balaban J connectivity index is 2.07. The van der Waals surface area contributed by atoms with Crippen molar-refractivity contribution in [2.24, 2.45) is 0 Å². The van der Waals surface area contributed by atoms with Crippen LogP contribution in [0.5, 0.6) is 0 Å². The molecule has 78 valence electrons. The van der Waals surface area contributed by atoms with Gasteiger partial charge in [0.25, 0.3) is 0 Å². The molecule has 0 saturated carbocycles. The molecule has 2 rings (SSSR count). The Bertz CT molecular complexity index is 289. The first-order chi connectivity index (χ1) is 6.77. The van der Waals surface area contributed by atoms with Gasteiger partial charge in [-0.3, -0.25) is 0 Å². The maximum atomic E-state index is 5.62. The predicted molar refractivity (Wildman–Crippen MR) is 53.2 cm³/mol. The molecular weight excluding hydrogens is 178 g/mol. The molecule has 2 heterocycles. The molecule has 4 heteroatoms. The van der Waals surface area contributed by atoms with Gasteiger partial charge in [0, 0.05) is 18.4 Å². The average Bonchev–Trinajstić information content (AvgIpc) is 2.68. The van der Waals surface area contributed by atoms with E-state index < -0.39 is 0 Å². The summed E-state index contributed by atoms with van der Waals surface area (Å²) >= 11 is 0. The highest BCUT2D eigenvalue weighted by Crippen LogP contribution is 2.23. The monoisotopic (exact) mass is 195 g/mol. The van der Waals surface area contributed by atoms with Gasteiger partial charge < -0.3 is 9.73 Å². The lowest BCUT2D eigenvalue weighted by Gasteiger charge is -2.19. The van der Waals surface area contributed by atoms with Gasteiger partial charge >= 0.3 is 0 Å². The Morgan fingerprint density at radius 3 is 2.86 bits per heavy atom. The number of piperidine rings is 1. The molecule has 1 aliphatic rings. The van der Waals surface area contributed by atoms with Crippen molar-refractivity contribution >= 4 is 0 Å². The zero-order valence-electron chi connectivity index (χ0n) is 8.79. The van der Waals surface area contributed by atoms with Crippen LogP contribution in [0.3, 0.4) is 0 Å². The fraction of sp³-hybridized carbons (Fsp3) is 0.800. The van der Waals surface area contributed by atoms with Crippen LogP contribution < -0.4 is 5.32 Å². The number of nitrogens with one attached hydrogen (secondary N) is 1. The second-order valence-corrected chi connectivity index (χ2v) is 4.18. The normalized spacial score (nSPS) is 22.9. The van der Waals surface area contributed by atoms with E-state index in [1.165, 1.54) is 6.42 Å². The summed E-state index contributed by atoms with van der Waals surface area (Å²) in [5, 5.41) is 11.5. The number of nitrogens with zero attached hydrogens (tertiary/aromatic N) is 2. The van der Waals surface area contributed by atoms with Gasteiger partial charge in [0.1, 0.15) is 0 Å². The van der Waals surface area contributed by atoms with Crippen molar-refractivity contribution in [1.82, 2.24) is 15.5 Å². The van der Waals surface area contributed by atoms with E-state index >= 15 is 0 Å². The zero-order valence-corrected chi connectivity index (χ0v) is 8.79. The van der Waals surface area contributed by atoms with Crippen LogP contribution in [0.15, 0.2) is 4.42 Å². The Morgan fingerprint density at radius 1 is 1.43 bits per heavy atom. The van der Waals surface area contributed by atoms with Crippen LogP contribution in [-0.2, 0) is 0 Å². The highest BCUT2D eigenvalue weighted by molar-refractivity contribution is 4.96. The molecule has 1 N–H and O–H groups in total. The van der Waals surface area contributed by atoms with Crippen molar-refractivity contribution in [2.75, 3.05) is 13.1 Å². The molecule has 1 aliphatic heterocycles. The molecule has 0 unspecified atom stereocenters. The molecule has 1 aromatic rings. The quantitative estimate of drug-likeness (QED) is 0.779. The van der Waals surface area contributed by atoms with Crippen LogP contribution in [0.25, 0.3) is 0 Å². The van der Waals surface area contributed by atoms with Crippen molar-refractivity contribution in [3.05, 3.63) is 11.8 Å². The molecular formula is C10H17N3O. The maximum absolute atomic E-state index is 5.62. The summed E-state index contributed by atoms with van der Waals surface area (Å²) in [7, 11) is 0. The summed E-state index contributed by atoms with van der Waals surface area (Å²) in [6, 6.07) is 0. The minimum Gasteiger partial charge on any atom is -0.425 e. The Kier molecular flexibility index (Phi) is 2.82. The summed E-state index contributed by atoms with van der Waals surface area (Å²) in [5.41, 5.74) is 0. The summed E-state index contributed by atoms with van der Waals surface area (Å²) < 4.78 is 5.62. The Morgan fingerprint density at radius 2 is 2.29 bits per heavy atom. The third-order valence-corrected chi connectivity index (χ3v) is 2.60. The second-order valence-electron chi connectivity index (χ2n) is 4.18. The molecule has 1 saturated heterocycles. The van der Waals surface area contributed by atoms with E-state index in [0.717, 1.165) is 31.3 Å². The minimum atomic E-state index is 0.327. The highest BCUT2D eigenvalue weighted by Gasteiger charge is 2.21. The second kappa shape index (κ2) is 4.09. The minimum absolute atomic E-state index is 0.327. The van der Waals surface area contributed by atoms with Gasteiger partial charge in [-0.1, -0.05) is 13.8 Å². The molecule has 14 heavy (non-hydrogen) atoms. The molecule has 1 atom stereocenters. The third kappa shape index (κ3) is 1.95. The first-order valence-electron chi connectivity index (χ1n) is 5.31. The summed E-state index contributed by atoms with van der Waals surface area (Å²) in [5.74, 6) is 2.31. The molecule has 0 radical (unpaired) electrons. The van der Waals surface area contributed by atoms with Gasteiger partial charge in [-0.25, -0.2) is 0 Å². The highest BCUT2D eigenvalue weighted by atomic mass is 16.4. The van der Waals surface area contributed by atoms with Crippen molar-refractivity contribution < 1.29 is 4.42 Å². The fourth-order valence-corrected chi connectivity index (χ4v) is 1.71. The molecule has 0 aliphatic carbocycles. The average molecular weight is 195 g/mol. The van der Waals surface area contributed by atoms with E-state index in [-0.39, 0.29) is 0 Å². The SMILES string of the molecule is CC(C)c1nnc([C@H]2CCCNC2)o1. The number of hydrogen-bond donors (Lipinski definition) is 1. The topological polar surface area (TPSA) is 51.0 Å². The number of aromatic nitrogens is 2. The summed E-state index contributed by atoms with van der Waals surface area (Å²) in [6.45, 7) is 6.22. The first-order valence-corrected chi connectivity index (χ1v) is 5.31. The van der Waals surface area contributed by atoms with Gasteiger partial charge in [0.2, 0.25) is 11.8 Å². The van der Waals surface area contributed by atoms with Crippen LogP contribution in [-0.4, -0.2) is 23.3 Å². The zero-order chi connectivity index (χ0) is 9.97. The molecule has 0 bridgehead atoms. The van der Waals surface area contributed by atoms with Gasteiger partial charge in [0.05, 0.1) is 0 Å². The lowest BCUT2D eigenvalue weighted by Crippen LogP contribution is -2.28. The smallest absolute Gasteiger partial charge is 0.220 e. The van der Waals surface area contributed by atoms with E-state index in [4.69, 9.17) is 4.42 Å². The predicted octanol–water partition coefficient (Wildman–Crippen LogP) is 1.66. The van der Waals surface area contributed by atoms with E-state index in [2.05, 4.69) is 29.4 Å². The lowest BCUT2D eigenvalue weighted by atomic mass is 10.00. The largest absolute Gasteiger partial charge is 0.425 e. The first kappa shape index (κ1) is 9.65. The number of hydrogen-bond acceptors (Lipinski definition) is 4. The summed E-state index contributed by atoms with van der Waals surface area (Å²) in [6.07, 6.45) is 2.36. The maximum Gasteiger partial charge on any atom is 0.220 e. The van der Waals surface area contributed by atoms with Crippen LogP contribution in [0.4, 0.5) is 0 Å². The van der Waals surface area contributed by atoms with Gasteiger partial charge in [-0.15, -0.1) is 10.2 Å². The molecule has 1 aromatic heterocycles. The molecule has 4 nitrogen and oxygen atoms in total. The standard InChI is InChI=1S/C10H17N3O/c1-7(2)9-12-13-10(14-9)8-4-3-5-11-6-8/h7-8,11H,3-6H2,1-2H3/t8-/m0/s1. The van der Waals surface area contributed by atoms with Crippen LogP contribution >= 0.6 is 0 Å². The van der Waals surface area contributed by atoms with E-state index in [1.54, 1.807) is 0 Å². The summed E-state index contributed by atoms with van der Waals surface area (Å²) in [4.78, 5) is 0. The van der Waals surface area contributed by atoms with Crippen molar-refractivity contribution in [1.29, 1.82) is 0 Å². The van der Waals surface area contributed by atoms with Crippen molar-refractivity contribution in [3.63, 3.8) is 0 Å². The molecule has 0 aromatic carbocycles. The molecule has 0 amide bonds. The van der Waals surface area contributed by atoms with Crippen molar-refractivity contribution in [2.45, 2.75) is 38.5 Å². The van der Waals surface area contributed by atoms with Gasteiger partial charge in [-0.05, 0) is 19.4 Å².